The maximum atomic E-state index is 7.50. The van der Waals surface area contributed by atoms with Crippen molar-refractivity contribution in [3.05, 3.63) is 105 Å². The van der Waals surface area contributed by atoms with Gasteiger partial charge in [-0.05, 0) is 47.8 Å². The minimum Gasteiger partial charge on any atom is 0 e. The molecule has 0 aromatic heterocycles. The Bertz CT molecular complexity index is 931. The van der Waals surface area contributed by atoms with E-state index in [1.807, 2.05) is 30.3 Å². The second-order valence-corrected chi connectivity index (χ2v) is 8.13. The minimum atomic E-state index is 0. The van der Waals surface area contributed by atoms with E-state index in [2.05, 4.69) is 96.2 Å². The number of rotatable bonds is 4. The zero-order valence-corrected chi connectivity index (χ0v) is 24.1. The first kappa shape index (κ1) is 41.5. The van der Waals surface area contributed by atoms with Crippen LogP contribution >= 0.6 is 0 Å². The van der Waals surface area contributed by atoms with Crippen molar-refractivity contribution < 1.29 is 49.1 Å². The molecule has 7 heteroatoms. The summed E-state index contributed by atoms with van der Waals surface area (Å²) in [7, 11) is 0. The maximum Gasteiger partial charge on any atom is 0 e. The van der Waals surface area contributed by atoms with Gasteiger partial charge >= 0.3 is 56.5 Å². The van der Waals surface area contributed by atoms with Crippen molar-refractivity contribution in [2.75, 3.05) is 6.61 Å². The van der Waals surface area contributed by atoms with Gasteiger partial charge in [-0.2, -0.15) is 0 Å². The van der Waals surface area contributed by atoms with Gasteiger partial charge in [0.15, 0.2) is 0 Å². The van der Waals surface area contributed by atoms with Crippen LogP contribution in [0, 0.1) is 56.9 Å². The first-order chi connectivity index (χ1) is 17.6. The summed E-state index contributed by atoms with van der Waals surface area (Å²) < 4.78 is 43.8. The summed E-state index contributed by atoms with van der Waals surface area (Å²) in [5, 5.41) is 0. The smallest absolute Gasteiger partial charge is 0 e. The molecule has 2 aromatic rings. The van der Waals surface area contributed by atoms with Crippen molar-refractivity contribution in [2.24, 2.45) is 11.8 Å². The van der Waals surface area contributed by atoms with E-state index in [4.69, 9.17) is 28.0 Å². The van der Waals surface area contributed by atoms with E-state index in [0.29, 0.717) is 12.5 Å². The van der Waals surface area contributed by atoms with Crippen molar-refractivity contribution in [1.29, 1.82) is 0 Å². The molecule has 0 spiro atoms. The molecule has 0 unspecified atom stereocenters. The largest absolute Gasteiger partial charge is 0 e. The fraction of sp³-hybridized carbons (Fsp3) is 0.367. The summed E-state index contributed by atoms with van der Waals surface area (Å²) >= 11 is 0. The SMILES string of the molecule is C[C@@H]1CC[C@@H](C(C)(C)c2ccccc2)[C@H](OCC#Cc2ccccc2)C1.[C-]#[O+].[C-]#[O+].[C-]#[O+].[C-]#[O+].[C-]#[O+].[W]. The molecule has 0 heterocycles. The van der Waals surface area contributed by atoms with Crippen molar-refractivity contribution in [3.63, 3.8) is 0 Å². The van der Waals surface area contributed by atoms with Gasteiger partial charge in [-0.25, -0.2) is 0 Å². The van der Waals surface area contributed by atoms with Crippen LogP contribution in [-0.4, -0.2) is 12.7 Å². The Morgan fingerprint density at radius 1 is 0.784 bits per heavy atom. The number of benzene rings is 2. The molecular formula is C30H30O6W. The predicted octanol–water partition coefficient (Wildman–Crippen LogP) is 5.65. The summed E-state index contributed by atoms with van der Waals surface area (Å²) in [6.45, 7) is 30.1. The standard InChI is InChI=1S/C25H30O.5CO.W/c1-20-16-17-23(25(2,3)22-14-8-5-9-15-22)24(19-20)26-18-10-13-21-11-6-4-7-12-21;5*1-2;/h4-9,11-12,14-15,20,23-24H,16-19H2,1-3H3;;;;;;/t20-,23-,24-;;;;;;/m1....../s1. The molecule has 0 aliphatic heterocycles. The van der Waals surface area contributed by atoms with Crippen LogP contribution in [0.4, 0.5) is 0 Å². The van der Waals surface area contributed by atoms with Gasteiger partial charge in [-0.3, -0.25) is 0 Å². The van der Waals surface area contributed by atoms with Crippen molar-refractivity contribution in [1.82, 2.24) is 0 Å². The van der Waals surface area contributed by atoms with Crippen LogP contribution in [0.1, 0.15) is 51.2 Å². The molecular weight excluding hydrogens is 640 g/mol. The molecule has 3 rings (SSSR count). The van der Waals surface area contributed by atoms with E-state index >= 15 is 0 Å². The quantitative estimate of drug-likeness (QED) is 0.234. The molecule has 3 atom stereocenters. The van der Waals surface area contributed by atoms with Crippen molar-refractivity contribution >= 4 is 0 Å². The van der Waals surface area contributed by atoms with Gasteiger partial charge in [0.05, 0.1) is 6.10 Å². The van der Waals surface area contributed by atoms with E-state index in [9.17, 15) is 0 Å². The molecule has 1 aliphatic rings. The van der Waals surface area contributed by atoms with Gasteiger partial charge in [-0.15, -0.1) is 0 Å². The summed E-state index contributed by atoms with van der Waals surface area (Å²) in [5.74, 6) is 7.66. The molecule has 2 aromatic carbocycles. The van der Waals surface area contributed by atoms with Crippen LogP contribution in [0.2, 0.25) is 0 Å². The normalized spacial score (nSPS) is 16.5. The third-order valence-corrected chi connectivity index (χ3v) is 5.87. The second-order valence-electron chi connectivity index (χ2n) is 8.13. The zero-order valence-electron chi connectivity index (χ0n) is 21.2. The fourth-order valence-corrected chi connectivity index (χ4v) is 4.23. The molecule has 1 aliphatic carbocycles. The van der Waals surface area contributed by atoms with E-state index in [0.717, 1.165) is 17.9 Å². The van der Waals surface area contributed by atoms with Crippen LogP contribution in [0.15, 0.2) is 60.7 Å². The number of hydrogen-bond acceptors (Lipinski definition) is 1. The van der Waals surface area contributed by atoms with Crippen molar-refractivity contribution in [3.8, 4) is 11.8 Å². The van der Waals surface area contributed by atoms with Crippen LogP contribution in [-0.2, 0) is 54.5 Å². The zero-order chi connectivity index (χ0) is 28.4. The third kappa shape index (κ3) is 15.9. The Kier molecular flexibility index (Phi) is 31.3. The molecule has 0 bridgehead atoms. The van der Waals surface area contributed by atoms with Gasteiger partial charge in [-0.1, -0.05) is 87.6 Å². The van der Waals surface area contributed by atoms with Crippen LogP contribution in [0.25, 0.3) is 0 Å². The molecule has 37 heavy (non-hydrogen) atoms. The monoisotopic (exact) mass is 670 g/mol. The first-order valence-corrected chi connectivity index (χ1v) is 10.8. The number of ether oxygens (including phenoxy) is 1. The Labute approximate surface area is 235 Å². The summed E-state index contributed by atoms with van der Waals surface area (Å²) in [6, 6.07) is 21.0. The molecule has 1 saturated carbocycles. The Balaban J connectivity index is -0.000000444. The van der Waals surface area contributed by atoms with Gasteiger partial charge < -0.3 is 4.74 Å². The average molecular weight is 670 g/mol. The summed E-state index contributed by atoms with van der Waals surface area (Å²) in [4.78, 5) is 0. The summed E-state index contributed by atoms with van der Waals surface area (Å²) in [5.41, 5.74) is 2.57. The molecule has 0 N–H and O–H groups in total. The van der Waals surface area contributed by atoms with E-state index in [1.54, 1.807) is 0 Å². The van der Waals surface area contributed by atoms with Gasteiger partial charge in [0.25, 0.3) is 0 Å². The fourth-order valence-electron chi connectivity index (χ4n) is 4.23. The maximum absolute atomic E-state index is 7.50. The van der Waals surface area contributed by atoms with Crippen LogP contribution in [0.3, 0.4) is 0 Å². The average Bonchev–Trinajstić information content (AvgIpc) is 2.97. The number of hydrogen-bond donors (Lipinski definition) is 0. The topological polar surface area (TPSA) is 109 Å². The Morgan fingerprint density at radius 2 is 1.24 bits per heavy atom. The van der Waals surface area contributed by atoms with Crippen molar-refractivity contribution in [2.45, 2.75) is 51.6 Å². The predicted molar refractivity (Wildman–Crippen MR) is 129 cm³/mol. The minimum absolute atomic E-state index is 0. The molecule has 192 valence electrons. The summed E-state index contributed by atoms with van der Waals surface area (Å²) in [6.07, 6.45) is 3.92. The van der Waals surface area contributed by atoms with Crippen LogP contribution in [0.5, 0.6) is 0 Å². The Hall–Kier alpha value is -2.65. The van der Waals surface area contributed by atoms with Gasteiger partial charge in [0, 0.05) is 26.6 Å². The molecule has 0 amide bonds. The first-order valence-electron chi connectivity index (χ1n) is 10.8. The van der Waals surface area contributed by atoms with E-state index < -0.39 is 0 Å². The van der Waals surface area contributed by atoms with E-state index in [1.165, 1.54) is 18.4 Å². The molecule has 0 radical (unpaired) electrons. The molecule has 1 fully saturated rings. The van der Waals surface area contributed by atoms with Gasteiger partial charge in [0.2, 0.25) is 0 Å². The molecule has 0 saturated heterocycles. The third-order valence-electron chi connectivity index (χ3n) is 5.87. The van der Waals surface area contributed by atoms with Gasteiger partial charge in [0.1, 0.15) is 6.61 Å². The Morgan fingerprint density at radius 3 is 1.73 bits per heavy atom. The van der Waals surface area contributed by atoms with Crippen LogP contribution < -0.4 is 0 Å². The van der Waals surface area contributed by atoms with E-state index in [-0.39, 0.29) is 32.6 Å². The second kappa shape index (κ2) is 27.9. The molecule has 6 nitrogen and oxygen atoms in total.